The first kappa shape index (κ1) is 17.9. The van der Waals surface area contributed by atoms with Crippen LogP contribution < -0.4 is 4.72 Å². The Bertz CT molecular complexity index is 644. The zero-order valence-corrected chi connectivity index (χ0v) is 14.5. The number of piperidine rings is 1. The van der Waals surface area contributed by atoms with Crippen molar-refractivity contribution in [3.05, 3.63) is 35.4 Å². The smallest absolute Gasteiger partial charge is 0.215 e. The normalized spacial score (nSPS) is 17.0. The SMILES string of the molecule is CCCN1CCC(CNS(=O)(=O)Cc2cccc(C#N)c2)CC1. The molecule has 6 heteroatoms. The number of sulfonamides is 1. The summed E-state index contributed by atoms with van der Waals surface area (Å²) in [7, 11) is -3.36. The molecule has 0 aliphatic carbocycles. The predicted molar refractivity (Wildman–Crippen MR) is 91.2 cm³/mol. The van der Waals surface area contributed by atoms with Crippen LogP contribution in [-0.4, -0.2) is 39.5 Å². The van der Waals surface area contributed by atoms with Gasteiger partial charge >= 0.3 is 0 Å². The van der Waals surface area contributed by atoms with Gasteiger partial charge in [0, 0.05) is 6.54 Å². The first-order valence-electron chi connectivity index (χ1n) is 8.21. The Morgan fingerprint density at radius 1 is 1.35 bits per heavy atom. The van der Waals surface area contributed by atoms with Crippen molar-refractivity contribution >= 4 is 10.0 Å². The van der Waals surface area contributed by atoms with Gasteiger partial charge in [-0.15, -0.1) is 0 Å². The van der Waals surface area contributed by atoms with Crippen LogP contribution in [0.3, 0.4) is 0 Å². The summed E-state index contributed by atoms with van der Waals surface area (Å²) in [5, 5.41) is 8.87. The Labute approximate surface area is 139 Å². The molecule has 1 aliphatic heterocycles. The Kier molecular flexibility index (Phi) is 6.58. The van der Waals surface area contributed by atoms with Gasteiger partial charge in [0.05, 0.1) is 17.4 Å². The van der Waals surface area contributed by atoms with E-state index >= 15 is 0 Å². The number of nitriles is 1. The summed E-state index contributed by atoms with van der Waals surface area (Å²) in [5.74, 6) is 0.348. The van der Waals surface area contributed by atoms with Gasteiger partial charge in [-0.05, 0) is 62.5 Å². The molecule has 0 spiro atoms. The van der Waals surface area contributed by atoms with Crippen LogP contribution in [0.15, 0.2) is 24.3 Å². The Morgan fingerprint density at radius 3 is 2.74 bits per heavy atom. The van der Waals surface area contributed by atoms with Crippen molar-refractivity contribution in [1.82, 2.24) is 9.62 Å². The zero-order chi connectivity index (χ0) is 16.7. The average Bonchev–Trinajstić information content (AvgIpc) is 2.54. The van der Waals surface area contributed by atoms with Gasteiger partial charge in [-0.2, -0.15) is 5.26 Å². The van der Waals surface area contributed by atoms with Crippen LogP contribution in [0, 0.1) is 17.2 Å². The molecular formula is C17H25N3O2S. The van der Waals surface area contributed by atoms with E-state index in [1.54, 1.807) is 24.3 Å². The van der Waals surface area contributed by atoms with Gasteiger partial charge in [0.15, 0.2) is 0 Å². The molecule has 5 nitrogen and oxygen atoms in total. The summed E-state index contributed by atoms with van der Waals surface area (Å²) < 4.78 is 27.1. The summed E-state index contributed by atoms with van der Waals surface area (Å²) in [4.78, 5) is 2.44. The maximum Gasteiger partial charge on any atom is 0.215 e. The lowest BCUT2D eigenvalue weighted by atomic mass is 9.97. The molecule has 1 fully saturated rings. The molecule has 1 aromatic rings. The fourth-order valence-electron chi connectivity index (χ4n) is 2.98. The maximum absolute atomic E-state index is 12.2. The van der Waals surface area contributed by atoms with E-state index in [4.69, 9.17) is 5.26 Å². The Morgan fingerprint density at radius 2 is 2.09 bits per heavy atom. The third-order valence-corrected chi connectivity index (χ3v) is 5.57. The molecule has 126 valence electrons. The van der Waals surface area contributed by atoms with Crippen LogP contribution >= 0.6 is 0 Å². The van der Waals surface area contributed by atoms with Crippen LogP contribution in [0.2, 0.25) is 0 Å². The lowest BCUT2D eigenvalue weighted by Crippen LogP contribution is -2.39. The first-order chi connectivity index (χ1) is 11.0. The average molecular weight is 335 g/mol. The van der Waals surface area contributed by atoms with Gasteiger partial charge < -0.3 is 4.90 Å². The van der Waals surface area contributed by atoms with Gasteiger partial charge in [-0.1, -0.05) is 19.1 Å². The minimum atomic E-state index is -3.36. The second-order valence-electron chi connectivity index (χ2n) is 6.20. The second-order valence-corrected chi connectivity index (χ2v) is 8.01. The first-order valence-corrected chi connectivity index (χ1v) is 9.86. The number of hydrogen-bond acceptors (Lipinski definition) is 4. The molecule has 23 heavy (non-hydrogen) atoms. The standard InChI is InChI=1S/C17H25N3O2S/c1-2-8-20-9-6-15(7-10-20)13-19-23(21,22)14-17-5-3-4-16(11-17)12-18/h3-5,11,15,19H,2,6-10,13-14H2,1H3. The summed E-state index contributed by atoms with van der Waals surface area (Å²) in [6.07, 6.45) is 3.26. The van der Waals surface area contributed by atoms with E-state index in [2.05, 4.69) is 16.5 Å². The summed E-state index contributed by atoms with van der Waals surface area (Å²) in [5.41, 5.74) is 1.13. The van der Waals surface area contributed by atoms with Gasteiger partial charge in [0.1, 0.15) is 0 Å². The van der Waals surface area contributed by atoms with Crippen molar-refractivity contribution in [3.8, 4) is 6.07 Å². The molecule has 0 aromatic heterocycles. The van der Waals surface area contributed by atoms with Crippen molar-refractivity contribution in [1.29, 1.82) is 5.26 Å². The number of rotatable bonds is 7. The topological polar surface area (TPSA) is 73.2 Å². The van der Waals surface area contributed by atoms with E-state index in [-0.39, 0.29) is 5.75 Å². The van der Waals surface area contributed by atoms with Crippen molar-refractivity contribution in [2.75, 3.05) is 26.2 Å². The van der Waals surface area contributed by atoms with Gasteiger partial charge in [-0.3, -0.25) is 0 Å². The minimum Gasteiger partial charge on any atom is -0.303 e. The highest BCUT2D eigenvalue weighted by Crippen LogP contribution is 2.17. The molecular weight excluding hydrogens is 310 g/mol. The third-order valence-electron chi connectivity index (χ3n) is 4.25. The number of nitrogens with one attached hydrogen (secondary N) is 1. The van der Waals surface area contributed by atoms with Gasteiger partial charge in [0.25, 0.3) is 0 Å². The molecule has 0 atom stereocenters. The van der Waals surface area contributed by atoms with Crippen LogP contribution in [0.5, 0.6) is 0 Å². The largest absolute Gasteiger partial charge is 0.303 e. The Balaban J connectivity index is 1.81. The van der Waals surface area contributed by atoms with E-state index in [9.17, 15) is 8.42 Å². The lowest BCUT2D eigenvalue weighted by molar-refractivity contribution is 0.186. The molecule has 1 saturated heterocycles. The molecule has 1 heterocycles. The molecule has 2 rings (SSSR count). The van der Waals surface area contributed by atoms with Gasteiger partial charge in [0.2, 0.25) is 10.0 Å². The number of likely N-dealkylation sites (tertiary alicyclic amines) is 1. The highest BCUT2D eigenvalue weighted by molar-refractivity contribution is 7.88. The third kappa shape index (κ3) is 5.94. The van der Waals surface area contributed by atoms with Crippen LogP contribution in [0.25, 0.3) is 0 Å². The van der Waals surface area contributed by atoms with E-state index < -0.39 is 10.0 Å². The summed E-state index contributed by atoms with van der Waals surface area (Å²) in [6, 6.07) is 8.79. The van der Waals surface area contributed by atoms with E-state index in [0.717, 1.165) is 32.5 Å². The fraction of sp³-hybridized carbons (Fsp3) is 0.588. The fourth-order valence-corrected chi connectivity index (χ4v) is 4.19. The second kappa shape index (κ2) is 8.44. The lowest BCUT2D eigenvalue weighted by Gasteiger charge is -2.31. The highest BCUT2D eigenvalue weighted by Gasteiger charge is 2.20. The molecule has 0 bridgehead atoms. The molecule has 0 saturated carbocycles. The maximum atomic E-state index is 12.2. The highest BCUT2D eigenvalue weighted by atomic mass is 32.2. The molecule has 0 unspecified atom stereocenters. The molecule has 0 radical (unpaired) electrons. The summed E-state index contributed by atoms with van der Waals surface area (Å²) in [6.45, 7) is 5.95. The summed E-state index contributed by atoms with van der Waals surface area (Å²) >= 11 is 0. The van der Waals surface area contributed by atoms with Crippen molar-refractivity contribution < 1.29 is 8.42 Å². The monoisotopic (exact) mass is 335 g/mol. The zero-order valence-electron chi connectivity index (χ0n) is 13.7. The number of nitrogens with zero attached hydrogens (tertiary/aromatic N) is 2. The van der Waals surface area contributed by atoms with E-state index in [0.29, 0.717) is 23.6 Å². The van der Waals surface area contributed by atoms with E-state index in [1.165, 1.54) is 6.42 Å². The van der Waals surface area contributed by atoms with Crippen molar-refractivity contribution in [2.24, 2.45) is 5.92 Å². The number of hydrogen-bond donors (Lipinski definition) is 1. The van der Waals surface area contributed by atoms with Crippen LogP contribution in [-0.2, 0) is 15.8 Å². The van der Waals surface area contributed by atoms with Crippen LogP contribution in [0.1, 0.15) is 37.3 Å². The molecule has 0 amide bonds. The predicted octanol–water partition coefficient (Wildman–Crippen LogP) is 2.10. The van der Waals surface area contributed by atoms with Gasteiger partial charge in [-0.25, -0.2) is 13.1 Å². The molecule has 1 aromatic carbocycles. The van der Waals surface area contributed by atoms with E-state index in [1.807, 2.05) is 6.07 Å². The quantitative estimate of drug-likeness (QED) is 0.828. The van der Waals surface area contributed by atoms with Crippen molar-refractivity contribution in [2.45, 2.75) is 31.9 Å². The molecule has 1 N–H and O–H groups in total. The Hall–Kier alpha value is -1.42. The van der Waals surface area contributed by atoms with Crippen molar-refractivity contribution in [3.63, 3.8) is 0 Å². The minimum absolute atomic E-state index is 0.0722. The molecule has 1 aliphatic rings. The van der Waals surface area contributed by atoms with Crippen LogP contribution in [0.4, 0.5) is 0 Å². The number of benzene rings is 1.